The standard InChI is InChI=1S/C14H21F3N2O2S.ClH/c1-3-13(4-2,10-18)19-22(20,21)9-11-6-5-7-12(8-11)14(15,16)17;/h5-8,19H,3-4,9-10,18H2,1-2H3;1H. The predicted molar refractivity (Wildman–Crippen MR) is 86.8 cm³/mol. The van der Waals surface area contributed by atoms with Gasteiger partial charge in [-0.05, 0) is 24.5 Å². The Bertz CT molecular complexity index is 594. The molecular formula is C14H22ClF3N2O2S. The van der Waals surface area contributed by atoms with Crippen molar-refractivity contribution in [2.24, 2.45) is 5.73 Å². The van der Waals surface area contributed by atoms with E-state index in [-0.39, 0.29) is 24.5 Å². The number of alkyl halides is 3. The third-order valence-electron chi connectivity index (χ3n) is 3.73. The van der Waals surface area contributed by atoms with Gasteiger partial charge >= 0.3 is 6.18 Å². The Morgan fingerprint density at radius 2 is 1.74 bits per heavy atom. The molecule has 23 heavy (non-hydrogen) atoms. The second-order valence-electron chi connectivity index (χ2n) is 5.25. The molecule has 0 aliphatic rings. The Morgan fingerprint density at radius 3 is 2.17 bits per heavy atom. The maximum absolute atomic E-state index is 12.7. The number of sulfonamides is 1. The highest BCUT2D eigenvalue weighted by Crippen LogP contribution is 2.30. The van der Waals surface area contributed by atoms with Gasteiger partial charge < -0.3 is 5.73 Å². The molecule has 1 aromatic carbocycles. The van der Waals surface area contributed by atoms with E-state index in [0.717, 1.165) is 12.1 Å². The zero-order chi connectivity index (χ0) is 17.0. The van der Waals surface area contributed by atoms with Crippen molar-refractivity contribution in [2.45, 2.75) is 44.2 Å². The van der Waals surface area contributed by atoms with Gasteiger partial charge in [0.25, 0.3) is 0 Å². The van der Waals surface area contributed by atoms with Crippen LogP contribution >= 0.6 is 12.4 Å². The van der Waals surface area contributed by atoms with E-state index in [1.54, 1.807) is 0 Å². The maximum atomic E-state index is 12.7. The van der Waals surface area contributed by atoms with Gasteiger partial charge in [-0.3, -0.25) is 0 Å². The predicted octanol–water partition coefficient (Wildman–Crippen LogP) is 3.06. The lowest BCUT2D eigenvalue weighted by Gasteiger charge is -2.31. The average Bonchev–Trinajstić information content (AvgIpc) is 2.44. The van der Waals surface area contributed by atoms with Gasteiger partial charge in [0.1, 0.15) is 0 Å². The molecule has 0 radical (unpaired) electrons. The Kier molecular flexibility index (Phi) is 8.02. The fourth-order valence-corrected chi connectivity index (χ4v) is 3.87. The third kappa shape index (κ3) is 6.29. The second kappa shape index (κ2) is 8.32. The fourth-order valence-electron chi connectivity index (χ4n) is 2.15. The Balaban J connectivity index is 0.00000484. The van der Waals surface area contributed by atoms with Crippen LogP contribution in [0.1, 0.15) is 37.8 Å². The molecule has 3 N–H and O–H groups in total. The van der Waals surface area contributed by atoms with Crippen LogP contribution in [0.4, 0.5) is 13.2 Å². The lowest BCUT2D eigenvalue weighted by Crippen LogP contribution is -2.53. The molecule has 0 saturated carbocycles. The molecule has 9 heteroatoms. The Hall–Kier alpha value is -0.830. The Labute approximate surface area is 141 Å². The van der Waals surface area contributed by atoms with Crippen molar-refractivity contribution in [3.63, 3.8) is 0 Å². The molecule has 0 unspecified atom stereocenters. The zero-order valence-electron chi connectivity index (χ0n) is 13.0. The number of hydrogen-bond acceptors (Lipinski definition) is 3. The molecule has 1 rings (SSSR count). The van der Waals surface area contributed by atoms with E-state index in [1.165, 1.54) is 12.1 Å². The van der Waals surface area contributed by atoms with E-state index in [0.29, 0.717) is 12.8 Å². The summed E-state index contributed by atoms with van der Waals surface area (Å²) in [5, 5.41) is 0. The van der Waals surface area contributed by atoms with E-state index < -0.39 is 33.1 Å². The first kappa shape index (κ1) is 22.2. The molecular weight excluding hydrogens is 353 g/mol. The van der Waals surface area contributed by atoms with Crippen LogP contribution in [0.25, 0.3) is 0 Å². The number of nitrogens with two attached hydrogens (primary N) is 1. The minimum Gasteiger partial charge on any atom is -0.329 e. The minimum atomic E-state index is -4.50. The van der Waals surface area contributed by atoms with Crippen molar-refractivity contribution in [1.29, 1.82) is 0 Å². The summed E-state index contributed by atoms with van der Waals surface area (Å²) in [6.07, 6.45) is -3.50. The molecule has 0 amide bonds. The van der Waals surface area contributed by atoms with Crippen LogP contribution in [0.3, 0.4) is 0 Å². The second-order valence-corrected chi connectivity index (χ2v) is 6.97. The van der Waals surface area contributed by atoms with Gasteiger partial charge in [-0.1, -0.05) is 32.0 Å². The molecule has 0 spiro atoms. The van der Waals surface area contributed by atoms with E-state index in [1.807, 2.05) is 13.8 Å². The lowest BCUT2D eigenvalue weighted by molar-refractivity contribution is -0.137. The molecule has 0 heterocycles. The van der Waals surface area contributed by atoms with Gasteiger partial charge in [0.15, 0.2) is 0 Å². The summed E-state index contributed by atoms with van der Waals surface area (Å²) in [4.78, 5) is 0. The van der Waals surface area contributed by atoms with Crippen molar-refractivity contribution >= 4 is 22.4 Å². The summed E-state index contributed by atoms with van der Waals surface area (Å²) in [5.41, 5.74) is 4.09. The summed E-state index contributed by atoms with van der Waals surface area (Å²) < 4.78 is 64.9. The minimum absolute atomic E-state index is 0. The first-order valence-corrected chi connectivity index (χ1v) is 8.60. The highest BCUT2D eigenvalue weighted by atomic mass is 35.5. The normalized spacial score (nSPS) is 12.8. The zero-order valence-corrected chi connectivity index (χ0v) is 14.6. The van der Waals surface area contributed by atoms with Crippen LogP contribution in [0.5, 0.6) is 0 Å². The molecule has 0 atom stereocenters. The van der Waals surface area contributed by atoms with Gasteiger partial charge in [0.05, 0.1) is 11.3 Å². The first-order chi connectivity index (χ1) is 10.1. The molecule has 0 fully saturated rings. The smallest absolute Gasteiger partial charge is 0.329 e. The van der Waals surface area contributed by atoms with E-state index in [4.69, 9.17) is 5.73 Å². The molecule has 0 bridgehead atoms. The van der Waals surface area contributed by atoms with Crippen molar-refractivity contribution in [3.05, 3.63) is 35.4 Å². The Morgan fingerprint density at radius 1 is 1.17 bits per heavy atom. The molecule has 4 nitrogen and oxygen atoms in total. The SMILES string of the molecule is CCC(CC)(CN)NS(=O)(=O)Cc1cccc(C(F)(F)F)c1.Cl. The van der Waals surface area contributed by atoms with Crippen LogP contribution in [0.2, 0.25) is 0 Å². The van der Waals surface area contributed by atoms with E-state index >= 15 is 0 Å². The molecule has 1 aromatic rings. The highest BCUT2D eigenvalue weighted by molar-refractivity contribution is 7.88. The topological polar surface area (TPSA) is 72.2 Å². The molecule has 0 aromatic heterocycles. The molecule has 0 aliphatic carbocycles. The van der Waals surface area contributed by atoms with E-state index in [2.05, 4.69) is 4.72 Å². The van der Waals surface area contributed by atoms with Crippen LogP contribution in [-0.4, -0.2) is 20.5 Å². The summed E-state index contributed by atoms with van der Waals surface area (Å²) in [6, 6.07) is 4.31. The number of benzene rings is 1. The van der Waals surface area contributed by atoms with Gasteiger partial charge in [-0.25, -0.2) is 13.1 Å². The number of rotatable bonds is 7. The largest absolute Gasteiger partial charge is 0.416 e. The first-order valence-electron chi connectivity index (χ1n) is 6.95. The number of halogens is 4. The number of nitrogens with one attached hydrogen (secondary N) is 1. The third-order valence-corrected chi connectivity index (χ3v) is 5.18. The van der Waals surface area contributed by atoms with Gasteiger partial charge in [0.2, 0.25) is 10.0 Å². The van der Waals surface area contributed by atoms with Crippen LogP contribution in [0.15, 0.2) is 24.3 Å². The van der Waals surface area contributed by atoms with Crippen LogP contribution in [0, 0.1) is 0 Å². The summed E-state index contributed by atoms with van der Waals surface area (Å²) in [5.74, 6) is -0.515. The molecule has 0 aliphatic heterocycles. The summed E-state index contributed by atoms with van der Waals surface area (Å²) >= 11 is 0. The van der Waals surface area contributed by atoms with Crippen LogP contribution in [-0.2, 0) is 22.0 Å². The quantitative estimate of drug-likeness (QED) is 0.770. The van der Waals surface area contributed by atoms with E-state index in [9.17, 15) is 21.6 Å². The van der Waals surface area contributed by atoms with Crippen molar-refractivity contribution in [1.82, 2.24) is 4.72 Å². The van der Waals surface area contributed by atoms with Gasteiger partial charge in [-0.15, -0.1) is 12.4 Å². The summed E-state index contributed by atoms with van der Waals surface area (Å²) in [6.45, 7) is 3.74. The lowest BCUT2D eigenvalue weighted by atomic mass is 9.95. The van der Waals surface area contributed by atoms with Crippen LogP contribution < -0.4 is 10.5 Å². The van der Waals surface area contributed by atoms with Gasteiger partial charge in [0, 0.05) is 12.1 Å². The molecule has 134 valence electrons. The van der Waals surface area contributed by atoms with Gasteiger partial charge in [-0.2, -0.15) is 13.2 Å². The van der Waals surface area contributed by atoms with Crippen molar-refractivity contribution < 1.29 is 21.6 Å². The average molecular weight is 375 g/mol. The maximum Gasteiger partial charge on any atom is 0.416 e. The van der Waals surface area contributed by atoms with Crippen molar-refractivity contribution in [3.8, 4) is 0 Å². The molecule has 0 saturated heterocycles. The van der Waals surface area contributed by atoms with Crippen molar-refractivity contribution in [2.75, 3.05) is 6.54 Å². The summed E-state index contributed by atoms with van der Waals surface area (Å²) in [7, 11) is -3.79. The fraction of sp³-hybridized carbons (Fsp3) is 0.571. The monoisotopic (exact) mass is 374 g/mol. The number of hydrogen-bond donors (Lipinski definition) is 2. The highest BCUT2D eigenvalue weighted by Gasteiger charge is 2.32.